The Labute approximate surface area is 152 Å². The van der Waals surface area contributed by atoms with Crippen LogP contribution in [0.4, 0.5) is 5.82 Å². The molecule has 0 saturated carbocycles. The van der Waals surface area contributed by atoms with Crippen LogP contribution in [0.1, 0.15) is 29.7 Å². The van der Waals surface area contributed by atoms with E-state index in [4.69, 9.17) is 5.26 Å². The predicted molar refractivity (Wildman–Crippen MR) is 101 cm³/mol. The third-order valence-corrected chi connectivity index (χ3v) is 4.72. The first-order chi connectivity index (χ1) is 12.2. The molecule has 0 spiro atoms. The number of nitrogens with one attached hydrogen (secondary N) is 1. The Morgan fingerprint density at radius 1 is 1.08 bits per heavy atom. The third kappa shape index (κ3) is 4.82. The lowest BCUT2D eigenvalue weighted by atomic mass is 10.1. The number of hydrogen-bond donors (Lipinski definition) is 1. The van der Waals surface area contributed by atoms with Gasteiger partial charge in [0.15, 0.2) is 0 Å². The average Bonchev–Trinajstić information content (AvgIpc) is 2.67. The molecule has 0 fully saturated rings. The Morgan fingerprint density at radius 2 is 1.84 bits per heavy atom. The quantitative estimate of drug-likeness (QED) is 0.649. The number of hydrogen-bond acceptors (Lipinski definition) is 5. The van der Waals surface area contributed by atoms with Gasteiger partial charge in [0.2, 0.25) is 0 Å². The smallest absolute Gasteiger partial charge is 0.146 e. The summed E-state index contributed by atoms with van der Waals surface area (Å²) in [5, 5.41) is 13.1. The van der Waals surface area contributed by atoms with Crippen molar-refractivity contribution in [2.75, 3.05) is 5.32 Å². The van der Waals surface area contributed by atoms with Crippen LogP contribution in [0, 0.1) is 11.3 Å². The largest absolute Gasteiger partial charge is 0.362 e. The number of aromatic nitrogens is 2. The van der Waals surface area contributed by atoms with E-state index in [1.807, 2.05) is 42.5 Å². The molecule has 2 aromatic carbocycles. The molecule has 3 rings (SSSR count). The Kier molecular flexibility index (Phi) is 5.65. The lowest BCUT2D eigenvalue weighted by molar-refractivity contribution is 0.862. The standard InChI is InChI=1S/C20H18N4S/c1-15(18-9-7-16(11-21)8-10-18)23-19-12-22-13-20(24-19)25-14-17-5-3-2-4-6-17/h2-10,12-13,15H,14H2,1H3,(H,23,24). The fourth-order valence-corrected chi connectivity index (χ4v) is 3.18. The third-order valence-electron chi connectivity index (χ3n) is 3.75. The van der Waals surface area contributed by atoms with Crippen molar-refractivity contribution in [3.63, 3.8) is 0 Å². The van der Waals surface area contributed by atoms with Crippen LogP contribution in [0.25, 0.3) is 0 Å². The van der Waals surface area contributed by atoms with E-state index in [0.717, 1.165) is 22.2 Å². The van der Waals surface area contributed by atoms with Crippen molar-refractivity contribution in [3.8, 4) is 6.07 Å². The maximum absolute atomic E-state index is 8.88. The van der Waals surface area contributed by atoms with Gasteiger partial charge in [-0.2, -0.15) is 5.26 Å². The zero-order chi connectivity index (χ0) is 17.5. The number of anilines is 1. The van der Waals surface area contributed by atoms with Gasteiger partial charge in [-0.25, -0.2) is 4.98 Å². The van der Waals surface area contributed by atoms with E-state index in [2.05, 4.69) is 40.4 Å². The minimum atomic E-state index is 0.0800. The molecule has 0 aliphatic heterocycles. The number of thioether (sulfide) groups is 1. The van der Waals surface area contributed by atoms with Gasteiger partial charge in [-0.05, 0) is 30.2 Å². The maximum atomic E-state index is 8.88. The van der Waals surface area contributed by atoms with Crippen molar-refractivity contribution in [3.05, 3.63) is 83.7 Å². The molecule has 124 valence electrons. The normalized spacial score (nSPS) is 11.5. The van der Waals surface area contributed by atoms with E-state index in [-0.39, 0.29) is 6.04 Å². The number of benzene rings is 2. The molecule has 0 aliphatic rings. The summed E-state index contributed by atoms with van der Waals surface area (Å²) in [6.07, 6.45) is 3.51. The Balaban J connectivity index is 1.63. The lowest BCUT2D eigenvalue weighted by Crippen LogP contribution is -2.08. The first-order valence-electron chi connectivity index (χ1n) is 8.00. The van der Waals surface area contributed by atoms with Crippen molar-refractivity contribution < 1.29 is 0 Å². The zero-order valence-electron chi connectivity index (χ0n) is 13.9. The minimum absolute atomic E-state index is 0.0800. The molecular formula is C20H18N4S. The second-order valence-electron chi connectivity index (χ2n) is 5.62. The van der Waals surface area contributed by atoms with E-state index < -0.39 is 0 Å². The van der Waals surface area contributed by atoms with E-state index in [1.165, 1.54) is 5.56 Å². The molecule has 1 aromatic heterocycles. The molecule has 25 heavy (non-hydrogen) atoms. The molecule has 0 aliphatic carbocycles. The van der Waals surface area contributed by atoms with Gasteiger partial charge in [-0.1, -0.05) is 42.5 Å². The molecule has 0 bridgehead atoms. The molecule has 3 aromatic rings. The number of nitriles is 1. The Morgan fingerprint density at radius 3 is 2.56 bits per heavy atom. The lowest BCUT2D eigenvalue weighted by Gasteiger charge is -2.15. The molecule has 1 atom stereocenters. The van der Waals surface area contributed by atoms with Gasteiger partial charge in [-0.15, -0.1) is 11.8 Å². The van der Waals surface area contributed by atoms with Crippen molar-refractivity contribution in [2.45, 2.75) is 23.7 Å². The van der Waals surface area contributed by atoms with Gasteiger partial charge < -0.3 is 5.32 Å². The van der Waals surface area contributed by atoms with Crippen LogP contribution in [0.3, 0.4) is 0 Å². The van der Waals surface area contributed by atoms with Crippen LogP contribution in [0.2, 0.25) is 0 Å². The maximum Gasteiger partial charge on any atom is 0.146 e. The summed E-state index contributed by atoms with van der Waals surface area (Å²) in [5.41, 5.74) is 3.02. The van der Waals surface area contributed by atoms with Gasteiger partial charge in [-0.3, -0.25) is 4.98 Å². The van der Waals surface area contributed by atoms with Crippen molar-refractivity contribution >= 4 is 17.6 Å². The topological polar surface area (TPSA) is 61.6 Å². The van der Waals surface area contributed by atoms with Crippen molar-refractivity contribution in [1.29, 1.82) is 5.26 Å². The second kappa shape index (κ2) is 8.32. The SMILES string of the molecule is CC(Nc1cncc(SCc2ccccc2)n1)c1ccc(C#N)cc1. The first-order valence-corrected chi connectivity index (χ1v) is 8.98. The van der Waals surface area contributed by atoms with E-state index in [1.54, 1.807) is 24.2 Å². The van der Waals surface area contributed by atoms with Crippen molar-refractivity contribution in [2.24, 2.45) is 0 Å². The summed E-state index contributed by atoms with van der Waals surface area (Å²) in [4.78, 5) is 8.91. The highest BCUT2D eigenvalue weighted by atomic mass is 32.2. The highest BCUT2D eigenvalue weighted by Crippen LogP contribution is 2.23. The summed E-state index contributed by atoms with van der Waals surface area (Å²) in [6.45, 7) is 2.06. The molecule has 1 N–H and O–H groups in total. The van der Waals surface area contributed by atoms with Crippen LogP contribution in [-0.4, -0.2) is 9.97 Å². The predicted octanol–water partition coefficient (Wildman–Crippen LogP) is 4.81. The van der Waals surface area contributed by atoms with Gasteiger partial charge in [0.05, 0.1) is 24.0 Å². The molecule has 0 amide bonds. The highest BCUT2D eigenvalue weighted by molar-refractivity contribution is 7.98. The van der Waals surface area contributed by atoms with E-state index in [9.17, 15) is 0 Å². The van der Waals surface area contributed by atoms with Gasteiger partial charge in [0.1, 0.15) is 10.8 Å². The fraction of sp³-hybridized carbons (Fsp3) is 0.150. The van der Waals surface area contributed by atoms with E-state index >= 15 is 0 Å². The van der Waals surface area contributed by atoms with Gasteiger partial charge in [0, 0.05) is 11.8 Å². The molecule has 4 nitrogen and oxygen atoms in total. The fourth-order valence-electron chi connectivity index (χ4n) is 2.37. The highest BCUT2D eigenvalue weighted by Gasteiger charge is 2.07. The molecule has 0 saturated heterocycles. The molecule has 1 unspecified atom stereocenters. The molecule has 5 heteroatoms. The Bertz CT molecular complexity index is 857. The summed E-state index contributed by atoms with van der Waals surface area (Å²) >= 11 is 1.67. The van der Waals surface area contributed by atoms with Crippen molar-refractivity contribution in [1.82, 2.24) is 9.97 Å². The molecule has 0 radical (unpaired) electrons. The minimum Gasteiger partial charge on any atom is -0.362 e. The molecule has 1 heterocycles. The summed E-state index contributed by atoms with van der Waals surface area (Å²) in [6, 6.07) is 20.1. The molecular weight excluding hydrogens is 328 g/mol. The van der Waals surface area contributed by atoms with Crippen LogP contribution in [-0.2, 0) is 5.75 Å². The van der Waals surface area contributed by atoms with Gasteiger partial charge in [0.25, 0.3) is 0 Å². The van der Waals surface area contributed by atoms with Gasteiger partial charge >= 0.3 is 0 Å². The number of nitrogens with zero attached hydrogens (tertiary/aromatic N) is 3. The van der Waals surface area contributed by atoms with Crippen LogP contribution < -0.4 is 5.32 Å². The number of rotatable bonds is 6. The monoisotopic (exact) mass is 346 g/mol. The summed E-state index contributed by atoms with van der Waals surface area (Å²) < 4.78 is 0. The van der Waals surface area contributed by atoms with Crippen LogP contribution >= 0.6 is 11.8 Å². The van der Waals surface area contributed by atoms with Crippen LogP contribution in [0.5, 0.6) is 0 Å². The summed E-state index contributed by atoms with van der Waals surface area (Å²) in [5.74, 6) is 1.61. The first kappa shape index (κ1) is 17.0. The summed E-state index contributed by atoms with van der Waals surface area (Å²) in [7, 11) is 0. The van der Waals surface area contributed by atoms with Crippen LogP contribution in [0.15, 0.2) is 72.0 Å². The van der Waals surface area contributed by atoms with E-state index in [0.29, 0.717) is 5.56 Å². The Hall–Kier alpha value is -2.84. The second-order valence-corrected chi connectivity index (χ2v) is 6.61. The zero-order valence-corrected chi connectivity index (χ0v) is 14.7. The average molecular weight is 346 g/mol.